The summed E-state index contributed by atoms with van der Waals surface area (Å²) in [5.74, 6) is 0.272. The predicted molar refractivity (Wildman–Crippen MR) is 126 cm³/mol. The second kappa shape index (κ2) is 10.9. The van der Waals surface area contributed by atoms with Gasteiger partial charge < -0.3 is 26.0 Å². The van der Waals surface area contributed by atoms with E-state index in [0.717, 1.165) is 5.56 Å². The van der Waals surface area contributed by atoms with E-state index in [0.29, 0.717) is 41.4 Å². The summed E-state index contributed by atoms with van der Waals surface area (Å²) < 4.78 is 5.72. The van der Waals surface area contributed by atoms with E-state index in [1.807, 2.05) is 32.3 Å². The number of benzene rings is 3. The summed E-state index contributed by atoms with van der Waals surface area (Å²) in [4.78, 5) is 37.3. The fourth-order valence-corrected chi connectivity index (χ4v) is 3.03. The molecule has 8 heteroatoms. The Balaban J connectivity index is 1.54. The van der Waals surface area contributed by atoms with Crippen LogP contribution in [0.15, 0.2) is 72.8 Å². The third-order valence-corrected chi connectivity index (χ3v) is 4.61. The molecule has 0 aliphatic heterocycles. The van der Waals surface area contributed by atoms with Crippen molar-refractivity contribution in [2.24, 2.45) is 5.73 Å². The summed E-state index contributed by atoms with van der Waals surface area (Å²) in [5, 5.41) is 5.71. The van der Waals surface area contributed by atoms with Gasteiger partial charge in [-0.25, -0.2) is 0 Å². The first-order valence-corrected chi connectivity index (χ1v) is 10.3. The van der Waals surface area contributed by atoms with E-state index in [9.17, 15) is 14.4 Å². The van der Waals surface area contributed by atoms with Gasteiger partial charge in [0.2, 0.25) is 11.8 Å². The zero-order valence-electron chi connectivity index (χ0n) is 18.5. The molecular formula is C25H26N4O4. The van der Waals surface area contributed by atoms with Gasteiger partial charge in [0, 0.05) is 23.4 Å². The molecule has 0 aliphatic rings. The number of nitrogens with one attached hydrogen (secondary N) is 2. The van der Waals surface area contributed by atoms with Gasteiger partial charge in [-0.3, -0.25) is 14.4 Å². The van der Waals surface area contributed by atoms with Crippen LogP contribution in [0, 0.1) is 0 Å². The Kier molecular flexibility index (Phi) is 7.77. The number of amides is 3. The predicted octanol–water partition coefficient (Wildman–Crippen LogP) is 3.01. The fraction of sp³-hybridized carbons (Fsp3) is 0.160. The van der Waals surface area contributed by atoms with Crippen LogP contribution in [0.5, 0.6) is 11.5 Å². The molecule has 0 bridgehead atoms. The standard InChI is InChI=1S/C25H26N4O4/c1-29(2)16-23(30)28-20-5-3-4-17(14-20)15-27-25(32)19-8-12-22(13-9-19)33-21-10-6-18(7-11-21)24(26)31/h3-14H,15-16H2,1-2H3,(H2,26,31)(H,27,32)(H,28,30). The van der Waals surface area contributed by atoms with Crippen molar-refractivity contribution in [3.63, 3.8) is 0 Å². The summed E-state index contributed by atoms with van der Waals surface area (Å²) >= 11 is 0. The Hall–Kier alpha value is -4.17. The minimum absolute atomic E-state index is 0.104. The minimum atomic E-state index is -0.502. The maximum Gasteiger partial charge on any atom is 0.251 e. The quantitative estimate of drug-likeness (QED) is 0.468. The van der Waals surface area contributed by atoms with E-state index >= 15 is 0 Å². The first kappa shape index (κ1) is 23.5. The monoisotopic (exact) mass is 446 g/mol. The Labute approximate surface area is 192 Å². The molecule has 0 heterocycles. The van der Waals surface area contributed by atoms with Gasteiger partial charge >= 0.3 is 0 Å². The van der Waals surface area contributed by atoms with Crippen molar-refractivity contribution < 1.29 is 19.1 Å². The van der Waals surface area contributed by atoms with Gasteiger partial charge in [-0.05, 0) is 80.3 Å². The highest BCUT2D eigenvalue weighted by atomic mass is 16.5. The molecule has 3 amide bonds. The molecule has 0 fully saturated rings. The third kappa shape index (κ3) is 7.19. The molecule has 3 rings (SSSR count). The molecule has 0 radical (unpaired) electrons. The summed E-state index contributed by atoms with van der Waals surface area (Å²) in [6.07, 6.45) is 0. The molecule has 0 spiro atoms. The van der Waals surface area contributed by atoms with Gasteiger partial charge in [-0.1, -0.05) is 12.1 Å². The highest BCUT2D eigenvalue weighted by Crippen LogP contribution is 2.22. The minimum Gasteiger partial charge on any atom is -0.457 e. The zero-order valence-corrected chi connectivity index (χ0v) is 18.5. The van der Waals surface area contributed by atoms with Gasteiger partial charge in [-0.2, -0.15) is 0 Å². The van der Waals surface area contributed by atoms with Crippen LogP contribution in [0.2, 0.25) is 0 Å². The van der Waals surface area contributed by atoms with E-state index in [1.165, 1.54) is 0 Å². The third-order valence-electron chi connectivity index (χ3n) is 4.61. The van der Waals surface area contributed by atoms with Crippen molar-refractivity contribution in [2.45, 2.75) is 6.54 Å². The summed E-state index contributed by atoms with van der Waals surface area (Å²) in [6, 6.07) is 20.5. The van der Waals surface area contributed by atoms with E-state index < -0.39 is 5.91 Å². The molecule has 4 N–H and O–H groups in total. The number of hydrogen-bond donors (Lipinski definition) is 3. The molecule has 0 saturated carbocycles. The average molecular weight is 447 g/mol. The molecule has 0 unspecified atom stereocenters. The SMILES string of the molecule is CN(C)CC(=O)Nc1cccc(CNC(=O)c2ccc(Oc3ccc(C(N)=O)cc3)cc2)c1. The summed E-state index contributed by atoms with van der Waals surface area (Å²) in [6.45, 7) is 0.611. The largest absolute Gasteiger partial charge is 0.457 e. The fourth-order valence-electron chi connectivity index (χ4n) is 3.03. The maximum atomic E-state index is 12.5. The normalized spacial score (nSPS) is 10.5. The molecule has 170 valence electrons. The molecule has 33 heavy (non-hydrogen) atoms. The van der Waals surface area contributed by atoms with Crippen LogP contribution in [-0.2, 0) is 11.3 Å². The molecule has 0 saturated heterocycles. The molecule has 0 aromatic heterocycles. The van der Waals surface area contributed by atoms with Crippen LogP contribution >= 0.6 is 0 Å². The van der Waals surface area contributed by atoms with Crippen LogP contribution in [-0.4, -0.2) is 43.3 Å². The first-order valence-electron chi connectivity index (χ1n) is 10.3. The number of nitrogens with two attached hydrogens (primary N) is 1. The number of ether oxygens (including phenoxy) is 1. The Morgan fingerprint density at radius 1 is 0.879 bits per heavy atom. The second-order valence-electron chi connectivity index (χ2n) is 7.68. The number of carbonyl (C=O) groups excluding carboxylic acids is 3. The van der Waals surface area contributed by atoms with Crippen molar-refractivity contribution in [2.75, 3.05) is 26.0 Å². The Morgan fingerprint density at radius 2 is 1.48 bits per heavy atom. The lowest BCUT2D eigenvalue weighted by atomic mass is 10.1. The number of likely N-dealkylation sites (N-methyl/N-ethyl adjacent to an activating group) is 1. The van der Waals surface area contributed by atoms with Gasteiger partial charge in [0.25, 0.3) is 5.91 Å². The second-order valence-corrected chi connectivity index (χ2v) is 7.68. The van der Waals surface area contributed by atoms with Crippen LogP contribution in [0.3, 0.4) is 0 Å². The van der Waals surface area contributed by atoms with Gasteiger partial charge in [0.15, 0.2) is 0 Å². The number of carbonyl (C=O) groups is 3. The lowest BCUT2D eigenvalue weighted by Crippen LogP contribution is -2.27. The molecule has 0 atom stereocenters. The number of anilines is 1. The van der Waals surface area contributed by atoms with E-state index in [1.54, 1.807) is 59.5 Å². The molecule has 3 aromatic carbocycles. The van der Waals surface area contributed by atoms with E-state index in [-0.39, 0.29) is 11.8 Å². The van der Waals surface area contributed by atoms with Gasteiger partial charge in [0.05, 0.1) is 6.54 Å². The first-order chi connectivity index (χ1) is 15.8. The van der Waals surface area contributed by atoms with Crippen LogP contribution in [0.4, 0.5) is 5.69 Å². The van der Waals surface area contributed by atoms with Crippen LogP contribution in [0.1, 0.15) is 26.3 Å². The lowest BCUT2D eigenvalue weighted by Gasteiger charge is -2.11. The number of hydrogen-bond acceptors (Lipinski definition) is 5. The topological polar surface area (TPSA) is 114 Å². The summed E-state index contributed by atoms with van der Waals surface area (Å²) in [7, 11) is 3.65. The van der Waals surface area contributed by atoms with Crippen molar-refractivity contribution in [1.82, 2.24) is 10.2 Å². The highest BCUT2D eigenvalue weighted by Gasteiger charge is 2.08. The Bertz CT molecular complexity index is 1130. The Morgan fingerprint density at radius 3 is 2.06 bits per heavy atom. The molecule has 8 nitrogen and oxygen atoms in total. The van der Waals surface area contributed by atoms with Crippen LogP contribution in [0.25, 0.3) is 0 Å². The van der Waals surface area contributed by atoms with Gasteiger partial charge in [-0.15, -0.1) is 0 Å². The van der Waals surface area contributed by atoms with Crippen LogP contribution < -0.4 is 21.1 Å². The highest BCUT2D eigenvalue weighted by molar-refractivity contribution is 5.94. The lowest BCUT2D eigenvalue weighted by molar-refractivity contribution is -0.116. The van der Waals surface area contributed by atoms with Crippen molar-refractivity contribution in [3.05, 3.63) is 89.5 Å². The average Bonchev–Trinajstić information content (AvgIpc) is 2.78. The summed E-state index contributed by atoms with van der Waals surface area (Å²) in [5.41, 5.74) is 7.66. The van der Waals surface area contributed by atoms with E-state index in [4.69, 9.17) is 10.5 Å². The van der Waals surface area contributed by atoms with E-state index in [2.05, 4.69) is 10.6 Å². The molecule has 3 aromatic rings. The van der Waals surface area contributed by atoms with Crippen molar-refractivity contribution >= 4 is 23.4 Å². The smallest absolute Gasteiger partial charge is 0.251 e. The number of rotatable bonds is 9. The molecular weight excluding hydrogens is 420 g/mol. The molecule has 0 aliphatic carbocycles. The van der Waals surface area contributed by atoms with Crippen molar-refractivity contribution in [3.8, 4) is 11.5 Å². The zero-order chi connectivity index (χ0) is 23.8. The number of nitrogens with zero attached hydrogens (tertiary/aromatic N) is 1. The number of primary amides is 1. The van der Waals surface area contributed by atoms with Crippen molar-refractivity contribution in [1.29, 1.82) is 0 Å². The maximum absolute atomic E-state index is 12.5. The van der Waals surface area contributed by atoms with Gasteiger partial charge in [0.1, 0.15) is 11.5 Å².